The summed E-state index contributed by atoms with van der Waals surface area (Å²) >= 11 is 0. The van der Waals surface area contributed by atoms with Crippen LogP contribution in [0.2, 0.25) is 0 Å². The Morgan fingerprint density at radius 2 is 2.06 bits per heavy atom. The third-order valence-electron chi connectivity index (χ3n) is 4.20. The first-order valence-corrected chi connectivity index (χ1v) is 6.38. The third-order valence-corrected chi connectivity index (χ3v) is 4.20. The zero-order chi connectivity index (χ0) is 12.3. The molecular formula is C14H20N2O. The first-order chi connectivity index (χ1) is 8.17. The van der Waals surface area contributed by atoms with E-state index in [-0.39, 0.29) is 17.2 Å². The molecule has 0 radical (unpaired) electrons. The lowest BCUT2D eigenvalue weighted by Crippen LogP contribution is -2.43. The van der Waals surface area contributed by atoms with Gasteiger partial charge in [0.15, 0.2) is 0 Å². The van der Waals surface area contributed by atoms with Gasteiger partial charge in [-0.3, -0.25) is 9.78 Å². The van der Waals surface area contributed by atoms with Crippen LogP contribution in [0.15, 0.2) is 24.4 Å². The van der Waals surface area contributed by atoms with Crippen LogP contribution in [0.25, 0.3) is 0 Å². The molecule has 1 aromatic heterocycles. The van der Waals surface area contributed by atoms with Gasteiger partial charge in [-0.05, 0) is 25.0 Å². The van der Waals surface area contributed by atoms with Crippen molar-refractivity contribution < 1.29 is 4.79 Å². The highest BCUT2D eigenvalue weighted by atomic mass is 16.1. The summed E-state index contributed by atoms with van der Waals surface area (Å²) < 4.78 is 0. The van der Waals surface area contributed by atoms with Crippen LogP contribution >= 0.6 is 0 Å². The summed E-state index contributed by atoms with van der Waals surface area (Å²) in [5.41, 5.74) is 6.27. The van der Waals surface area contributed by atoms with Crippen molar-refractivity contribution in [2.24, 2.45) is 11.1 Å². The van der Waals surface area contributed by atoms with E-state index in [1.807, 2.05) is 18.2 Å². The summed E-state index contributed by atoms with van der Waals surface area (Å²) in [6.45, 7) is 2.08. The summed E-state index contributed by atoms with van der Waals surface area (Å²) in [6.07, 6.45) is 6.99. The second-order valence-corrected chi connectivity index (χ2v) is 5.06. The predicted molar refractivity (Wildman–Crippen MR) is 67.4 cm³/mol. The Bertz CT molecular complexity index is 382. The van der Waals surface area contributed by atoms with E-state index in [1.165, 1.54) is 6.42 Å². The fourth-order valence-electron chi connectivity index (χ4n) is 2.99. The van der Waals surface area contributed by atoms with E-state index in [9.17, 15) is 4.79 Å². The monoisotopic (exact) mass is 232 g/mol. The van der Waals surface area contributed by atoms with Crippen molar-refractivity contribution in [2.75, 3.05) is 0 Å². The average Bonchev–Trinajstić information content (AvgIpc) is 2.39. The second kappa shape index (κ2) is 4.86. The molecule has 3 heteroatoms. The van der Waals surface area contributed by atoms with Crippen molar-refractivity contribution in [1.29, 1.82) is 0 Å². The molecule has 17 heavy (non-hydrogen) atoms. The Kier molecular flexibility index (Phi) is 3.46. The number of amides is 1. The second-order valence-electron chi connectivity index (χ2n) is 5.06. The molecule has 0 unspecified atom stereocenters. The molecule has 2 rings (SSSR count). The highest BCUT2D eigenvalue weighted by Gasteiger charge is 2.43. The van der Waals surface area contributed by atoms with Gasteiger partial charge in [0.1, 0.15) is 0 Å². The van der Waals surface area contributed by atoms with Gasteiger partial charge in [0.05, 0.1) is 5.41 Å². The van der Waals surface area contributed by atoms with E-state index in [1.54, 1.807) is 6.20 Å². The van der Waals surface area contributed by atoms with E-state index in [0.717, 1.165) is 31.4 Å². The molecule has 1 atom stereocenters. The largest absolute Gasteiger partial charge is 0.369 e. The summed E-state index contributed by atoms with van der Waals surface area (Å²) in [7, 11) is 0. The number of rotatable bonds is 3. The van der Waals surface area contributed by atoms with Gasteiger partial charge in [0.2, 0.25) is 5.91 Å². The van der Waals surface area contributed by atoms with Crippen LogP contribution < -0.4 is 5.73 Å². The van der Waals surface area contributed by atoms with Crippen molar-refractivity contribution in [3.63, 3.8) is 0 Å². The first kappa shape index (κ1) is 12.1. The summed E-state index contributed by atoms with van der Waals surface area (Å²) in [4.78, 5) is 16.3. The SMILES string of the molecule is C[C@@H](c1ccccn1)C1(C(N)=O)CCCCC1. The van der Waals surface area contributed by atoms with Crippen LogP contribution in [0.5, 0.6) is 0 Å². The molecule has 3 nitrogen and oxygen atoms in total. The molecule has 2 N–H and O–H groups in total. The summed E-state index contributed by atoms with van der Waals surface area (Å²) in [5, 5.41) is 0. The van der Waals surface area contributed by atoms with Crippen LogP contribution in [0, 0.1) is 5.41 Å². The lowest BCUT2D eigenvalue weighted by molar-refractivity contribution is -0.131. The number of hydrogen-bond donors (Lipinski definition) is 1. The quantitative estimate of drug-likeness (QED) is 0.871. The molecule has 1 aliphatic rings. The van der Waals surface area contributed by atoms with Gasteiger partial charge in [0.25, 0.3) is 0 Å². The normalized spacial score (nSPS) is 20.8. The summed E-state index contributed by atoms with van der Waals surface area (Å²) in [5.74, 6) is -0.0446. The van der Waals surface area contributed by atoms with Crippen molar-refractivity contribution in [2.45, 2.75) is 44.9 Å². The number of hydrogen-bond acceptors (Lipinski definition) is 2. The minimum absolute atomic E-state index is 0.112. The maximum Gasteiger partial charge on any atom is 0.224 e. The highest BCUT2D eigenvalue weighted by molar-refractivity contribution is 5.82. The molecule has 1 saturated carbocycles. The average molecular weight is 232 g/mol. The zero-order valence-corrected chi connectivity index (χ0v) is 10.4. The third kappa shape index (κ3) is 2.19. The van der Waals surface area contributed by atoms with E-state index in [2.05, 4.69) is 11.9 Å². The molecule has 1 heterocycles. The van der Waals surface area contributed by atoms with Gasteiger partial charge in [0, 0.05) is 17.8 Å². The fourth-order valence-corrected chi connectivity index (χ4v) is 2.99. The minimum Gasteiger partial charge on any atom is -0.369 e. The zero-order valence-electron chi connectivity index (χ0n) is 10.4. The molecule has 1 aliphatic carbocycles. The number of carbonyl (C=O) groups is 1. The first-order valence-electron chi connectivity index (χ1n) is 6.38. The number of nitrogens with zero attached hydrogens (tertiary/aromatic N) is 1. The molecule has 1 amide bonds. The van der Waals surface area contributed by atoms with Crippen LogP contribution in [-0.2, 0) is 4.79 Å². The number of carbonyl (C=O) groups excluding carboxylic acids is 1. The van der Waals surface area contributed by atoms with Crippen LogP contribution in [0.1, 0.15) is 50.6 Å². The Balaban J connectivity index is 2.30. The Labute approximate surface area is 102 Å². The molecular weight excluding hydrogens is 212 g/mol. The van der Waals surface area contributed by atoms with Gasteiger partial charge >= 0.3 is 0 Å². The maximum absolute atomic E-state index is 11.9. The molecule has 0 saturated heterocycles. The number of nitrogens with two attached hydrogens (primary N) is 1. The standard InChI is InChI=1S/C14H20N2O/c1-11(12-7-3-6-10-16-12)14(13(15)17)8-4-2-5-9-14/h3,6-7,10-11H,2,4-5,8-9H2,1H3,(H2,15,17)/t11-/m0/s1. The topological polar surface area (TPSA) is 56.0 Å². The molecule has 0 aliphatic heterocycles. The number of primary amides is 1. The molecule has 0 spiro atoms. The molecule has 92 valence electrons. The molecule has 1 aromatic rings. The smallest absolute Gasteiger partial charge is 0.224 e. The van der Waals surface area contributed by atoms with E-state index < -0.39 is 0 Å². The molecule has 0 bridgehead atoms. The van der Waals surface area contributed by atoms with Crippen molar-refractivity contribution in [1.82, 2.24) is 4.98 Å². The van der Waals surface area contributed by atoms with Gasteiger partial charge in [-0.25, -0.2) is 0 Å². The molecule has 0 aromatic carbocycles. The van der Waals surface area contributed by atoms with E-state index in [4.69, 9.17) is 5.73 Å². The van der Waals surface area contributed by atoms with Gasteiger partial charge in [-0.1, -0.05) is 32.3 Å². The van der Waals surface area contributed by atoms with Gasteiger partial charge in [-0.2, -0.15) is 0 Å². The van der Waals surface area contributed by atoms with E-state index >= 15 is 0 Å². The molecule has 1 fully saturated rings. The lowest BCUT2D eigenvalue weighted by Gasteiger charge is -2.39. The fraction of sp³-hybridized carbons (Fsp3) is 0.571. The number of aromatic nitrogens is 1. The Morgan fingerprint density at radius 3 is 2.59 bits per heavy atom. The highest BCUT2D eigenvalue weighted by Crippen LogP contribution is 2.46. The van der Waals surface area contributed by atoms with Crippen LogP contribution in [0.3, 0.4) is 0 Å². The number of pyridine rings is 1. The van der Waals surface area contributed by atoms with Crippen molar-refractivity contribution >= 4 is 5.91 Å². The van der Waals surface area contributed by atoms with Crippen LogP contribution in [-0.4, -0.2) is 10.9 Å². The summed E-state index contributed by atoms with van der Waals surface area (Å²) in [6, 6.07) is 5.86. The van der Waals surface area contributed by atoms with Crippen molar-refractivity contribution in [3.05, 3.63) is 30.1 Å². The van der Waals surface area contributed by atoms with Crippen molar-refractivity contribution in [3.8, 4) is 0 Å². The van der Waals surface area contributed by atoms with E-state index in [0.29, 0.717) is 0 Å². The predicted octanol–water partition coefficient (Wildman–Crippen LogP) is 2.62. The maximum atomic E-state index is 11.9. The Morgan fingerprint density at radius 1 is 1.35 bits per heavy atom. The minimum atomic E-state index is -0.382. The Hall–Kier alpha value is -1.38. The van der Waals surface area contributed by atoms with Crippen LogP contribution in [0.4, 0.5) is 0 Å². The van der Waals surface area contributed by atoms with Gasteiger partial charge in [-0.15, -0.1) is 0 Å². The van der Waals surface area contributed by atoms with Gasteiger partial charge < -0.3 is 5.73 Å². The lowest BCUT2D eigenvalue weighted by atomic mass is 9.65.